The molecule has 0 aliphatic carbocycles. The fraction of sp³-hybridized carbons (Fsp3) is 0.308. The first kappa shape index (κ1) is 13.8. The van der Waals surface area contributed by atoms with E-state index in [4.69, 9.17) is 16.9 Å². The Morgan fingerprint density at radius 2 is 2.21 bits per heavy atom. The van der Waals surface area contributed by atoms with Crippen LogP contribution in [0.15, 0.2) is 24.8 Å². The molecule has 1 aliphatic rings. The van der Waals surface area contributed by atoms with Gasteiger partial charge in [0, 0.05) is 5.69 Å². The molecule has 1 unspecified atom stereocenters. The Hall–Kier alpha value is -1.67. The van der Waals surface area contributed by atoms with Crippen LogP contribution in [0.25, 0.3) is 0 Å². The molecule has 0 bridgehead atoms. The lowest BCUT2D eigenvalue weighted by Gasteiger charge is -2.26. The van der Waals surface area contributed by atoms with E-state index < -0.39 is 18.8 Å². The number of benzene rings is 1. The van der Waals surface area contributed by atoms with Crippen LogP contribution in [-0.4, -0.2) is 18.8 Å². The van der Waals surface area contributed by atoms with E-state index in [-0.39, 0.29) is 10.6 Å². The number of alkyl halides is 3. The summed E-state index contributed by atoms with van der Waals surface area (Å²) in [4.78, 5) is 1.22. The van der Waals surface area contributed by atoms with E-state index in [1.54, 1.807) is 0 Å². The number of halogens is 4. The molecule has 0 aromatic heterocycles. The molecule has 0 radical (unpaired) electrons. The van der Waals surface area contributed by atoms with E-state index in [1.165, 1.54) is 23.1 Å². The molecule has 1 aliphatic heterocycles. The minimum atomic E-state index is -4.30. The molecule has 1 heterocycles. The van der Waals surface area contributed by atoms with Gasteiger partial charge in [-0.05, 0) is 24.1 Å². The summed E-state index contributed by atoms with van der Waals surface area (Å²) in [7, 11) is 0. The van der Waals surface area contributed by atoms with Crippen LogP contribution in [0.4, 0.5) is 18.9 Å². The molecule has 0 spiro atoms. The molecule has 2 nitrogen and oxygen atoms in total. The van der Waals surface area contributed by atoms with Crippen LogP contribution in [0.5, 0.6) is 0 Å². The van der Waals surface area contributed by atoms with Crippen LogP contribution in [-0.2, 0) is 6.42 Å². The fourth-order valence-electron chi connectivity index (χ4n) is 2.26. The van der Waals surface area contributed by atoms with Gasteiger partial charge in [-0.2, -0.15) is 18.4 Å². The minimum Gasteiger partial charge on any atom is -0.355 e. The number of hydrogen-bond acceptors (Lipinski definition) is 2. The SMILES string of the molecule is C=CC1Cc2c(ccc(C#N)c2Cl)N1CC(F)(F)F. The Bertz CT molecular complexity index is 560. The monoisotopic (exact) mass is 286 g/mol. The maximum Gasteiger partial charge on any atom is 0.405 e. The van der Waals surface area contributed by atoms with Gasteiger partial charge in [0.05, 0.1) is 16.6 Å². The molecule has 1 aromatic rings. The lowest BCUT2D eigenvalue weighted by atomic mass is 10.1. The molecule has 6 heteroatoms. The molecule has 0 amide bonds. The first-order valence-corrected chi connectivity index (χ1v) is 5.92. The van der Waals surface area contributed by atoms with Crippen molar-refractivity contribution in [3.8, 4) is 6.07 Å². The highest BCUT2D eigenvalue weighted by molar-refractivity contribution is 6.33. The van der Waals surface area contributed by atoms with Crippen LogP contribution in [0.2, 0.25) is 5.02 Å². The molecular formula is C13H10ClF3N2. The summed E-state index contributed by atoms with van der Waals surface area (Å²) in [5.74, 6) is 0. The first-order valence-electron chi connectivity index (χ1n) is 5.55. The zero-order valence-corrected chi connectivity index (χ0v) is 10.6. The second-order valence-corrected chi connectivity index (χ2v) is 4.66. The van der Waals surface area contributed by atoms with Gasteiger partial charge in [0.15, 0.2) is 0 Å². The van der Waals surface area contributed by atoms with Gasteiger partial charge in [-0.25, -0.2) is 0 Å². The summed E-state index contributed by atoms with van der Waals surface area (Å²) in [6.07, 6.45) is -2.50. The lowest BCUT2D eigenvalue weighted by molar-refractivity contribution is -0.120. The minimum absolute atomic E-state index is 0.233. The average molecular weight is 287 g/mol. The molecule has 0 saturated carbocycles. The van der Waals surface area contributed by atoms with E-state index in [0.29, 0.717) is 17.7 Å². The van der Waals surface area contributed by atoms with Gasteiger partial charge in [0.1, 0.15) is 12.6 Å². The van der Waals surface area contributed by atoms with Crippen molar-refractivity contribution in [2.24, 2.45) is 0 Å². The highest BCUT2D eigenvalue weighted by Crippen LogP contribution is 2.40. The average Bonchev–Trinajstić information content (AvgIpc) is 2.67. The molecular weight excluding hydrogens is 277 g/mol. The van der Waals surface area contributed by atoms with Gasteiger partial charge in [-0.15, -0.1) is 6.58 Å². The van der Waals surface area contributed by atoms with Crippen LogP contribution in [0.1, 0.15) is 11.1 Å². The normalized spacial score (nSPS) is 18.1. The molecule has 0 N–H and O–H groups in total. The van der Waals surface area contributed by atoms with Crippen molar-refractivity contribution < 1.29 is 13.2 Å². The molecule has 0 fully saturated rings. The topological polar surface area (TPSA) is 27.0 Å². The van der Waals surface area contributed by atoms with Crippen molar-refractivity contribution in [1.29, 1.82) is 5.26 Å². The zero-order valence-electron chi connectivity index (χ0n) is 9.84. The van der Waals surface area contributed by atoms with E-state index >= 15 is 0 Å². The Morgan fingerprint density at radius 3 is 2.74 bits per heavy atom. The van der Waals surface area contributed by atoms with Crippen molar-refractivity contribution in [3.05, 3.63) is 40.9 Å². The predicted molar refractivity (Wildman–Crippen MR) is 67.3 cm³/mol. The van der Waals surface area contributed by atoms with E-state index in [0.717, 1.165) is 0 Å². The van der Waals surface area contributed by atoms with Crippen molar-refractivity contribution in [2.75, 3.05) is 11.4 Å². The quantitative estimate of drug-likeness (QED) is 0.775. The Labute approximate surface area is 113 Å². The zero-order chi connectivity index (χ0) is 14.2. The summed E-state index contributed by atoms with van der Waals surface area (Å²) in [5.41, 5.74) is 1.28. The predicted octanol–water partition coefficient (Wildman–Crippen LogP) is 3.69. The number of hydrogen-bond donors (Lipinski definition) is 0. The third-order valence-corrected chi connectivity index (χ3v) is 3.52. The van der Waals surface area contributed by atoms with Gasteiger partial charge in [0.2, 0.25) is 0 Å². The Kier molecular flexibility index (Phi) is 3.46. The molecule has 0 saturated heterocycles. The van der Waals surface area contributed by atoms with Crippen molar-refractivity contribution in [2.45, 2.75) is 18.6 Å². The second-order valence-electron chi connectivity index (χ2n) is 4.29. The van der Waals surface area contributed by atoms with Gasteiger partial charge < -0.3 is 4.90 Å². The summed E-state index contributed by atoms with van der Waals surface area (Å²) in [5, 5.41) is 9.11. The van der Waals surface area contributed by atoms with E-state index in [1.807, 2.05) is 6.07 Å². The Morgan fingerprint density at radius 1 is 1.53 bits per heavy atom. The molecule has 1 atom stereocenters. The van der Waals surface area contributed by atoms with Gasteiger partial charge in [-0.3, -0.25) is 0 Å². The smallest absolute Gasteiger partial charge is 0.355 e. The van der Waals surface area contributed by atoms with Crippen molar-refractivity contribution in [1.82, 2.24) is 0 Å². The third-order valence-electron chi connectivity index (χ3n) is 3.08. The highest BCUT2D eigenvalue weighted by atomic mass is 35.5. The van der Waals surface area contributed by atoms with Crippen LogP contribution < -0.4 is 4.90 Å². The Balaban J connectivity index is 2.46. The third kappa shape index (κ3) is 2.54. The van der Waals surface area contributed by atoms with Crippen LogP contribution >= 0.6 is 11.6 Å². The van der Waals surface area contributed by atoms with E-state index in [9.17, 15) is 13.2 Å². The maximum absolute atomic E-state index is 12.6. The van der Waals surface area contributed by atoms with Crippen LogP contribution in [0.3, 0.4) is 0 Å². The van der Waals surface area contributed by atoms with Crippen LogP contribution in [0, 0.1) is 11.3 Å². The molecule has 2 rings (SSSR count). The van der Waals surface area contributed by atoms with E-state index in [2.05, 4.69) is 6.58 Å². The fourth-order valence-corrected chi connectivity index (χ4v) is 2.54. The number of nitrogens with zero attached hydrogens (tertiary/aromatic N) is 2. The largest absolute Gasteiger partial charge is 0.405 e. The summed E-state index contributed by atoms with van der Waals surface area (Å²) < 4.78 is 37.8. The number of nitriles is 1. The summed E-state index contributed by atoms with van der Waals surface area (Å²) in [6, 6.07) is 4.42. The lowest BCUT2D eigenvalue weighted by Crippen LogP contribution is -2.38. The number of rotatable bonds is 2. The second kappa shape index (κ2) is 4.78. The molecule has 1 aromatic carbocycles. The highest BCUT2D eigenvalue weighted by Gasteiger charge is 2.38. The molecule has 100 valence electrons. The number of fused-ring (bicyclic) bond motifs is 1. The standard InChI is InChI=1S/C13H10ClF3N2/c1-2-9-5-10-11(19(9)7-13(15,16)17)4-3-8(6-18)12(10)14/h2-4,9H,1,5,7H2. The number of anilines is 1. The first-order chi connectivity index (χ1) is 8.87. The molecule has 19 heavy (non-hydrogen) atoms. The van der Waals surface area contributed by atoms with Gasteiger partial charge in [0.25, 0.3) is 0 Å². The van der Waals surface area contributed by atoms with Gasteiger partial charge >= 0.3 is 6.18 Å². The van der Waals surface area contributed by atoms with Gasteiger partial charge in [-0.1, -0.05) is 17.7 Å². The maximum atomic E-state index is 12.6. The van der Waals surface area contributed by atoms with Crippen molar-refractivity contribution >= 4 is 17.3 Å². The summed E-state index contributed by atoms with van der Waals surface area (Å²) >= 11 is 6.05. The summed E-state index contributed by atoms with van der Waals surface area (Å²) in [6.45, 7) is 2.50. The van der Waals surface area contributed by atoms with Crippen molar-refractivity contribution in [3.63, 3.8) is 0 Å².